The van der Waals surface area contributed by atoms with Gasteiger partial charge in [0, 0.05) is 17.2 Å². The van der Waals surface area contributed by atoms with Crippen molar-refractivity contribution in [3.63, 3.8) is 0 Å². The van der Waals surface area contributed by atoms with Crippen LogP contribution in [0.15, 0.2) is 39.9 Å². The van der Waals surface area contributed by atoms with Gasteiger partial charge in [0.2, 0.25) is 0 Å². The molecule has 0 aromatic heterocycles. The van der Waals surface area contributed by atoms with Gasteiger partial charge in [-0.2, -0.15) is 5.10 Å². The molecule has 0 atom stereocenters. The number of benzene rings is 2. The number of nitro groups is 1. The van der Waals surface area contributed by atoms with Gasteiger partial charge in [-0.15, -0.1) is 0 Å². The summed E-state index contributed by atoms with van der Waals surface area (Å²) in [4.78, 5) is 22.4. The van der Waals surface area contributed by atoms with E-state index in [0.717, 1.165) is 0 Å². The number of hydrazone groups is 1. The third kappa shape index (κ3) is 4.32. The fraction of sp³-hybridized carbons (Fsp3) is 0.125. The van der Waals surface area contributed by atoms with Crippen LogP contribution in [0.1, 0.15) is 21.5 Å². The van der Waals surface area contributed by atoms with E-state index in [-0.39, 0.29) is 22.7 Å². The Morgan fingerprint density at radius 2 is 2.12 bits per heavy atom. The van der Waals surface area contributed by atoms with Crippen molar-refractivity contribution >= 4 is 33.7 Å². The average molecular weight is 408 g/mol. The molecule has 0 saturated heterocycles. The summed E-state index contributed by atoms with van der Waals surface area (Å²) in [7, 11) is 1.41. The second-order valence-electron chi connectivity index (χ2n) is 5.01. The molecule has 0 spiro atoms. The third-order valence-corrected chi connectivity index (χ3v) is 3.92. The predicted octanol–water partition coefficient (Wildman–Crippen LogP) is 3.14. The maximum Gasteiger partial charge on any atom is 0.273 e. The van der Waals surface area contributed by atoms with Gasteiger partial charge in [-0.05, 0) is 46.6 Å². The molecule has 0 fully saturated rings. The minimum atomic E-state index is -0.579. The molecule has 0 aliphatic carbocycles. The Kier molecular flexibility index (Phi) is 5.71. The Morgan fingerprint density at radius 1 is 1.40 bits per heavy atom. The van der Waals surface area contributed by atoms with Crippen LogP contribution in [-0.2, 0) is 0 Å². The van der Waals surface area contributed by atoms with Gasteiger partial charge in [0.25, 0.3) is 11.6 Å². The molecule has 0 saturated carbocycles. The van der Waals surface area contributed by atoms with Crippen molar-refractivity contribution in [1.82, 2.24) is 5.43 Å². The van der Waals surface area contributed by atoms with E-state index in [0.29, 0.717) is 15.6 Å². The van der Waals surface area contributed by atoms with Gasteiger partial charge < -0.3 is 9.84 Å². The van der Waals surface area contributed by atoms with Crippen LogP contribution in [0.4, 0.5) is 5.69 Å². The summed E-state index contributed by atoms with van der Waals surface area (Å²) < 4.78 is 5.43. The molecule has 2 N–H and O–H groups in total. The Bertz CT molecular complexity index is 867. The number of aromatic hydroxyl groups is 1. The molecule has 8 nitrogen and oxygen atoms in total. The molecule has 130 valence electrons. The van der Waals surface area contributed by atoms with Crippen molar-refractivity contribution < 1.29 is 19.6 Å². The van der Waals surface area contributed by atoms with E-state index in [1.54, 1.807) is 13.0 Å². The number of amides is 1. The lowest BCUT2D eigenvalue weighted by Gasteiger charge is -2.06. The fourth-order valence-corrected chi connectivity index (χ4v) is 2.46. The number of halogens is 1. The zero-order valence-corrected chi connectivity index (χ0v) is 14.9. The van der Waals surface area contributed by atoms with Crippen molar-refractivity contribution in [1.29, 1.82) is 0 Å². The smallest absolute Gasteiger partial charge is 0.273 e. The SMILES string of the molecule is COc1cc(/C=N/NC(=O)c2ccc(C)c([N+](=O)[O-])c2)cc(Br)c1O. The number of aryl methyl sites for hydroxylation is 1. The molecule has 0 aliphatic rings. The standard InChI is InChI=1S/C16H14BrN3O5/c1-9-3-4-11(7-13(9)20(23)24)16(22)19-18-8-10-5-12(17)15(21)14(6-10)25-2/h3-8,21H,1-2H3,(H,19,22)/b18-8+. The van der Waals surface area contributed by atoms with Gasteiger partial charge in [-0.3, -0.25) is 14.9 Å². The maximum absolute atomic E-state index is 12.0. The highest BCUT2D eigenvalue weighted by Gasteiger charge is 2.14. The number of phenols is 1. The Hall–Kier alpha value is -2.94. The zero-order chi connectivity index (χ0) is 18.6. The summed E-state index contributed by atoms with van der Waals surface area (Å²) in [6, 6.07) is 7.29. The fourth-order valence-electron chi connectivity index (χ4n) is 2.00. The average Bonchev–Trinajstić information content (AvgIpc) is 2.57. The number of carbonyl (C=O) groups excluding carboxylic acids is 1. The molecule has 1 amide bonds. The molecule has 2 aromatic carbocycles. The van der Waals surface area contributed by atoms with Crippen LogP contribution in [0.3, 0.4) is 0 Å². The highest BCUT2D eigenvalue weighted by molar-refractivity contribution is 9.10. The van der Waals surface area contributed by atoms with Crippen LogP contribution in [0.2, 0.25) is 0 Å². The number of phenolic OH excluding ortho intramolecular Hbond substituents is 1. The summed E-state index contributed by atoms with van der Waals surface area (Å²) in [5, 5.41) is 24.5. The molecule has 2 rings (SSSR count). The highest BCUT2D eigenvalue weighted by Crippen LogP contribution is 2.34. The number of ether oxygens (including phenoxy) is 1. The number of nitrogens with zero attached hydrogens (tertiary/aromatic N) is 2. The molecule has 0 unspecified atom stereocenters. The molecule has 0 heterocycles. The van der Waals surface area contributed by atoms with Crippen LogP contribution in [0, 0.1) is 17.0 Å². The molecule has 9 heteroatoms. The lowest BCUT2D eigenvalue weighted by atomic mass is 10.1. The predicted molar refractivity (Wildman–Crippen MR) is 95.3 cm³/mol. The Balaban J connectivity index is 2.15. The molecule has 25 heavy (non-hydrogen) atoms. The number of nitrogens with one attached hydrogen (secondary N) is 1. The van der Waals surface area contributed by atoms with E-state index in [1.165, 1.54) is 37.6 Å². The zero-order valence-electron chi connectivity index (χ0n) is 13.3. The number of hydrogen-bond donors (Lipinski definition) is 2. The first-order valence-electron chi connectivity index (χ1n) is 6.98. The van der Waals surface area contributed by atoms with Gasteiger partial charge in [0.1, 0.15) is 0 Å². The van der Waals surface area contributed by atoms with E-state index in [4.69, 9.17) is 4.74 Å². The van der Waals surface area contributed by atoms with Crippen LogP contribution in [0.5, 0.6) is 11.5 Å². The molecule has 0 aliphatic heterocycles. The molecule has 0 bridgehead atoms. The third-order valence-electron chi connectivity index (χ3n) is 3.32. The van der Waals surface area contributed by atoms with Gasteiger partial charge >= 0.3 is 0 Å². The lowest BCUT2D eigenvalue weighted by molar-refractivity contribution is -0.385. The van der Waals surface area contributed by atoms with Crippen LogP contribution >= 0.6 is 15.9 Å². The van der Waals surface area contributed by atoms with E-state index in [1.807, 2.05) is 0 Å². The number of carbonyl (C=O) groups is 1. The normalized spacial score (nSPS) is 10.7. The first-order valence-corrected chi connectivity index (χ1v) is 7.77. The van der Waals surface area contributed by atoms with Crippen molar-refractivity contribution in [3.8, 4) is 11.5 Å². The maximum atomic E-state index is 12.0. The van der Waals surface area contributed by atoms with Crippen LogP contribution in [-0.4, -0.2) is 29.3 Å². The Labute approximate surface area is 151 Å². The number of nitro benzene ring substituents is 1. The highest BCUT2D eigenvalue weighted by atomic mass is 79.9. The summed E-state index contributed by atoms with van der Waals surface area (Å²) in [6.45, 7) is 1.59. The van der Waals surface area contributed by atoms with Crippen molar-refractivity contribution in [2.24, 2.45) is 5.10 Å². The van der Waals surface area contributed by atoms with Crippen molar-refractivity contribution in [2.45, 2.75) is 6.92 Å². The second kappa shape index (κ2) is 7.75. The van der Waals surface area contributed by atoms with Crippen molar-refractivity contribution in [3.05, 3.63) is 61.6 Å². The van der Waals surface area contributed by atoms with Crippen molar-refractivity contribution in [2.75, 3.05) is 7.11 Å². The number of rotatable bonds is 5. The van der Waals surface area contributed by atoms with Gasteiger partial charge in [0.15, 0.2) is 11.5 Å². The Morgan fingerprint density at radius 3 is 2.76 bits per heavy atom. The second-order valence-corrected chi connectivity index (χ2v) is 5.87. The summed E-state index contributed by atoms with van der Waals surface area (Å²) in [5.41, 5.74) is 3.31. The largest absolute Gasteiger partial charge is 0.503 e. The van der Waals surface area contributed by atoms with Crippen LogP contribution in [0.25, 0.3) is 0 Å². The lowest BCUT2D eigenvalue weighted by Crippen LogP contribution is -2.17. The summed E-state index contributed by atoms with van der Waals surface area (Å²) in [6.07, 6.45) is 1.35. The first kappa shape index (κ1) is 18.4. The quantitative estimate of drug-likeness (QED) is 0.448. The first-order chi connectivity index (χ1) is 11.8. The molecule has 2 aromatic rings. The van der Waals surface area contributed by atoms with Gasteiger partial charge in [-0.1, -0.05) is 6.07 Å². The molecule has 0 radical (unpaired) electrons. The van der Waals surface area contributed by atoms with E-state index >= 15 is 0 Å². The minimum Gasteiger partial charge on any atom is -0.503 e. The monoisotopic (exact) mass is 407 g/mol. The van der Waals surface area contributed by atoms with Gasteiger partial charge in [0.05, 0.1) is 22.7 Å². The number of methoxy groups -OCH3 is 1. The minimum absolute atomic E-state index is 0.0457. The van der Waals surface area contributed by atoms with E-state index < -0.39 is 10.8 Å². The summed E-state index contributed by atoms with van der Waals surface area (Å²) in [5.74, 6) is -0.379. The molecular weight excluding hydrogens is 394 g/mol. The molecular formula is C16H14BrN3O5. The van der Waals surface area contributed by atoms with Gasteiger partial charge in [-0.25, -0.2) is 5.43 Å². The number of hydrogen-bond acceptors (Lipinski definition) is 6. The van der Waals surface area contributed by atoms with E-state index in [2.05, 4.69) is 26.5 Å². The van der Waals surface area contributed by atoms with E-state index in [9.17, 15) is 20.0 Å². The van der Waals surface area contributed by atoms with Crippen LogP contribution < -0.4 is 10.2 Å². The summed E-state index contributed by atoms with van der Waals surface area (Å²) >= 11 is 3.18. The topological polar surface area (TPSA) is 114 Å².